The van der Waals surface area contributed by atoms with Gasteiger partial charge in [-0.05, 0) is 24.6 Å². The second kappa shape index (κ2) is 5.08. The maximum absolute atomic E-state index is 5.96. The summed E-state index contributed by atoms with van der Waals surface area (Å²) in [4.78, 5) is 0. The van der Waals surface area contributed by atoms with Crippen molar-refractivity contribution in [2.24, 2.45) is 5.73 Å². The van der Waals surface area contributed by atoms with Gasteiger partial charge in [0.2, 0.25) is 0 Å². The first-order valence-corrected chi connectivity index (χ1v) is 6.02. The second-order valence-corrected chi connectivity index (χ2v) is 4.70. The van der Waals surface area contributed by atoms with Gasteiger partial charge in [-0.1, -0.05) is 29.3 Å². The minimum absolute atomic E-state index is 0.507. The minimum Gasteiger partial charge on any atom is -0.326 e. The van der Waals surface area contributed by atoms with Crippen LogP contribution in [0.3, 0.4) is 0 Å². The minimum atomic E-state index is 0.507. The van der Waals surface area contributed by atoms with Gasteiger partial charge in [-0.15, -0.1) is 0 Å². The molecule has 0 amide bonds. The Morgan fingerprint density at radius 1 is 1.29 bits per heavy atom. The monoisotopic (exact) mass is 269 g/mol. The molecule has 0 atom stereocenters. The van der Waals surface area contributed by atoms with Crippen molar-refractivity contribution in [2.45, 2.75) is 20.0 Å². The smallest absolute Gasteiger partial charge is 0.0660 e. The lowest BCUT2D eigenvalue weighted by molar-refractivity contribution is 0.679. The molecule has 2 N–H and O–H groups in total. The lowest BCUT2D eigenvalue weighted by Crippen LogP contribution is -2.00. The molecule has 90 valence electrons. The quantitative estimate of drug-likeness (QED) is 0.931. The summed E-state index contributed by atoms with van der Waals surface area (Å²) in [6, 6.07) is 5.58. The van der Waals surface area contributed by atoms with Crippen LogP contribution < -0.4 is 5.73 Å². The summed E-state index contributed by atoms with van der Waals surface area (Å²) in [6.07, 6.45) is 1.96. The molecule has 0 unspecified atom stereocenters. The lowest BCUT2D eigenvalue weighted by Gasteiger charge is -2.03. The average Bonchev–Trinajstić information content (AvgIpc) is 2.64. The fourth-order valence-corrected chi connectivity index (χ4v) is 1.99. The first-order chi connectivity index (χ1) is 8.10. The Morgan fingerprint density at radius 2 is 2.06 bits per heavy atom. The number of aromatic nitrogens is 2. The molecule has 2 aromatic rings. The summed E-state index contributed by atoms with van der Waals surface area (Å²) in [5.41, 5.74) is 8.70. The summed E-state index contributed by atoms with van der Waals surface area (Å²) in [7, 11) is 0. The van der Waals surface area contributed by atoms with Gasteiger partial charge >= 0.3 is 0 Å². The number of rotatable bonds is 3. The fourth-order valence-electron chi connectivity index (χ4n) is 1.67. The van der Waals surface area contributed by atoms with E-state index in [2.05, 4.69) is 5.10 Å². The number of benzene rings is 1. The highest BCUT2D eigenvalue weighted by Crippen LogP contribution is 2.23. The van der Waals surface area contributed by atoms with Gasteiger partial charge in [0.15, 0.2) is 0 Å². The Balaban J connectivity index is 2.22. The molecule has 0 aliphatic rings. The van der Waals surface area contributed by atoms with Crippen molar-refractivity contribution in [2.75, 3.05) is 0 Å². The number of hydrogen-bond donors (Lipinski definition) is 1. The average molecular weight is 270 g/mol. The summed E-state index contributed by atoms with van der Waals surface area (Å²) in [5.74, 6) is 0. The van der Waals surface area contributed by atoms with Crippen molar-refractivity contribution in [1.29, 1.82) is 0 Å². The van der Waals surface area contributed by atoms with Crippen LogP contribution in [0.5, 0.6) is 0 Å². The molecule has 1 aromatic heterocycles. The molecule has 0 aliphatic heterocycles. The second-order valence-electron chi connectivity index (χ2n) is 3.89. The molecule has 0 bridgehead atoms. The van der Waals surface area contributed by atoms with Crippen LogP contribution in [0.15, 0.2) is 24.4 Å². The predicted octanol–water partition coefficient (Wildman–Crippen LogP) is 3.01. The van der Waals surface area contributed by atoms with E-state index in [0.717, 1.165) is 16.8 Å². The molecule has 1 aromatic carbocycles. The van der Waals surface area contributed by atoms with Crippen LogP contribution in [0.4, 0.5) is 0 Å². The molecular weight excluding hydrogens is 257 g/mol. The predicted molar refractivity (Wildman–Crippen MR) is 70.4 cm³/mol. The molecule has 17 heavy (non-hydrogen) atoms. The molecule has 0 saturated carbocycles. The fraction of sp³-hybridized carbons (Fsp3) is 0.250. The van der Waals surface area contributed by atoms with Crippen LogP contribution >= 0.6 is 23.2 Å². The van der Waals surface area contributed by atoms with Crippen molar-refractivity contribution in [3.8, 4) is 0 Å². The first kappa shape index (κ1) is 12.4. The number of halogens is 2. The third-order valence-corrected chi connectivity index (χ3v) is 3.34. The number of hydrogen-bond acceptors (Lipinski definition) is 2. The van der Waals surface area contributed by atoms with Crippen LogP contribution in [0.1, 0.15) is 16.8 Å². The first-order valence-electron chi connectivity index (χ1n) is 5.27. The van der Waals surface area contributed by atoms with Crippen LogP contribution in [-0.4, -0.2) is 9.78 Å². The molecule has 5 heteroatoms. The largest absolute Gasteiger partial charge is 0.326 e. The highest BCUT2D eigenvalue weighted by molar-refractivity contribution is 6.42. The lowest BCUT2D eigenvalue weighted by atomic mass is 10.2. The Kier molecular flexibility index (Phi) is 3.72. The Morgan fingerprint density at radius 3 is 2.65 bits per heavy atom. The van der Waals surface area contributed by atoms with Crippen molar-refractivity contribution in [3.05, 3.63) is 51.3 Å². The van der Waals surface area contributed by atoms with E-state index in [1.807, 2.05) is 29.9 Å². The van der Waals surface area contributed by atoms with Crippen molar-refractivity contribution < 1.29 is 0 Å². The van der Waals surface area contributed by atoms with Gasteiger partial charge in [0.05, 0.1) is 22.3 Å². The molecule has 0 spiro atoms. The van der Waals surface area contributed by atoms with Crippen molar-refractivity contribution in [1.82, 2.24) is 9.78 Å². The van der Waals surface area contributed by atoms with E-state index < -0.39 is 0 Å². The zero-order chi connectivity index (χ0) is 12.4. The summed E-state index contributed by atoms with van der Waals surface area (Å²) >= 11 is 11.8. The van der Waals surface area contributed by atoms with Gasteiger partial charge in [-0.2, -0.15) is 5.10 Å². The SMILES string of the molecule is Cc1nn(Cc2ccc(Cl)c(Cl)c2)cc1CN. The number of nitrogens with two attached hydrogens (primary N) is 1. The van der Waals surface area contributed by atoms with E-state index >= 15 is 0 Å². The molecule has 0 aliphatic carbocycles. The van der Waals surface area contributed by atoms with E-state index in [1.165, 1.54) is 0 Å². The van der Waals surface area contributed by atoms with Crippen LogP contribution in [0, 0.1) is 6.92 Å². The normalized spacial score (nSPS) is 10.8. The number of aryl methyl sites for hydroxylation is 1. The van der Waals surface area contributed by atoms with Gasteiger partial charge in [-0.3, -0.25) is 4.68 Å². The van der Waals surface area contributed by atoms with Gasteiger partial charge < -0.3 is 5.73 Å². The standard InChI is InChI=1S/C12H13Cl2N3/c1-8-10(5-15)7-17(16-8)6-9-2-3-11(13)12(14)4-9/h2-4,7H,5-6,15H2,1H3. The topological polar surface area (TPSA) is 43.8 Å². The highest BCUT2D eigenvalue weighted by atomic mass is 35.5. The van der Waals surface area contributed by atoms with E-state index in [0.29, 0.717) is 23.1 Å². The van der Waals surface area contributed by atoms with Gasteiger partial charge in [0, 0.05) is 18.3 Å². The third kappa shape index (κ3) is 2.80. The number of nitrogens with zero attached hydrogens (tertiary/aromatic N) is 2. The highest BCUT2D eigenvalue weighted by Gasteiger charge is 2.05. The zero-order valence-corrected chi connectivity index (χ0v) is 11.0. The van der Waals surface area contributed by atoms with E-state index in [1.54, 1.807) is 6.07 Å². The third-order valence-electron chi connectivity index (χ3n) is 2.60. The Hall–Kier alpha value is -1.03. The Labute approximate surface area is 110 Å². The molecule has 0 saturated heterocycles. The van der Waals surface area contributed by atoms with E-state index in [-0.39, 0.29) is 0 Å². The van der Waals surface area contributed by atoms with Gasteiger partial charge in [0.1, 0.15) is 0 Å². The molecule has 0 radical (unpaired) electrons. The molecular formula is C12H13Cl2N3. The van der Waals surface area contributed by atoms with Crippen LogP contribution in [0.25, 0.3) is 0 Å². The maximum Gasteiger partial charge on any atom is 0.0660 e. The van der Waals surface area contributed by atoms with Crippen molar-refractivity contribution in [3.63, 3.8) is 0 Å². The van der Waals surface area contributed by atoms with Gasteiger partial charge in [0.25, 0.3) is 0 Å². The summed E-state index contributed by atoms with van der Waals surface area (Å²) < 4.78 is 1.86. The van der Waals surface area contributed by atoms with Gasteiger partial charge in [-0.25, -0.2) is 0 Å². The summed E-state index contributed by atoms with van der Waals surface area (Å²) in [6.45, 7) is 3.12. The van der Waals surface area contributed by atoms with Crippen LogP contribution in [-0.2, 0) is 13.1 Å². The molecule has 3 nitrogen and oxygen atoms in total. The van der Waals surface area contributed by atoms with Crippen molar-refractivity contribution >= 4 is 23.2 Å². The molecule has 1 heterocycles. The zero-order valence-electron chi connectivity index (χ0n) is 9.45. The molecule has 2 rings (SSSR count). The van der Waals surface area contributed by atoms with E-state index in [4.69, 9.17) is 28.9 Å². The van der Waals surface area contributed by atoms with E-state index in [9.17, 15) is 0 Å². The van der Waals surface area contributed by atoms with Crippen LogP contribution in [0.2, 0.25) is 10.0 Å². The maximum atomic E-state index is 5.96. The Bertz CT molecular complexity index is 535. The molecule has 0 fully saturated rings. The summed E-state index contributed by atoms with van der Waals surface area (Å²) in [5, 5.41) is 5.52.